The van der Waals surface area contributed by atoms with E-state index in [1.807, 2.05) is 6.07 Å². The maximum Gasteiger partial charge on any atom is 0.348 e. The van der Waals surface area contributed by atoms with Crippen LogP contribution in [0.3, 0.4) is 0 Å². The smallest absolute Gasteiger partial charge is 0.348 e. The standard InChI is InChI=1S/C24H22ClN3O5S2/c1-3-32-23(31)20-14(2)19-21(35-20)27-24(34-13-18(29)26-11-17-8-5-9-33-17)28(22(19)30)12-15-6-4-7-16(25)10-15/h4-10H,3,11-13H2,1-2H3,(H,26,29). The second kappa shape index (κ2) is 11.1. The van der Waals surface area contributed by atoms with E-state index in [4.69, 9.17) is 20.8 Å². The van der Waals surface area contributed by atoms with Crippen LogP contribution in [-0.4, -0.2) is 33.8 Å². The average molecular weight is 532 g/mol. The minimum Gasteiger partial charge on any atom is -0.467 e. The number of ether oxygens (including phenoxy) is 1. The molecule has 0 aliphatic heterocycles. The average Bonchev–Trinajstić information content (AvgIpc) is 3.46. The van der Waals surface area contributed by atoms with Crippen LogP contribution in [0.25, 0.3) is 10.2 Å². The Morgan fingerprint density at radius 3 is 2.83 bits per heavy atom. The van der Waals surface area contributed by atoms with Crippen molar-refractivity contribution in [2.24, 2.45) is 0 Å². The van der Waals surface area contributed by atoms with Crippen LogP contribution in [0.1, 0.15) is 33.5 Å². The van der Waals surface area contributed by atoms with Crippen molar-refractivity contribution < 1.29 is 18.7 Å². The Hall–Kier alpha value is -3.08. The number of esters is 1. The van der Waals surface area contributed by atoms with Gasteiger partial charge in [0.1, 0.15) is 15.5 Å². The van der Waals surface area contributed by atoms with E-state index < -0.39 is 5.97 Å². The molecule has 182 valence electrons. The van der Waals surface area contributed by atoms with E-state index in [-0.39, 0.29) is 36.9 Å². The third-order valence-corrected chi connectivity index (χ3v) is 7.46. The van der Waals surface area contributed by atoms with E-state index >= 15 is 0 Å². The number of hydrogen-bond acceptors (Lipinski definition) is 8. The number of aryl methyl sites for hydroxylation is 1. The number of fused-ring (bicyclic) bond motifs is 1. The molecular formula is C24H22ClN3O5S2. The van der Waals surface area contributed by atoms with Crippen LogP contribution in [-0.2, 0) is 22.6 Å². The fourth-order valence-electron chi connectivity index (χ4n) is 3.44. The van der Waals surface area contributed by atoms with Crippen molar-refractivity contribution >= 4 is 56.8 Å². The lowest BCUT2D eigenvalue weighted by Gasteiger charge is -2.12. The van der Waals surface area contributed by atoms with E-state index in [2.05, 4.69) is 10.3 Å². The molecule has 0 saturated heterocycles. The molecule has 4 aromatic rings. The minimum atomic E-state index is -0.486. The van der Waals surface area contributed by atoms with E-state index in [1.165, 1.54) is 10.8 Å². The van der Waals surface area contributed by atoms with Crippen LogP contribution >= 0.6 is 34.7 Å². The van der Waals surface area contributed by atoms with Crippen LogP contribution in [0.4, 0.5) is 0 Å². The van der Waals surface area contributed by atoms with Gasteiger partial charge in [-0.15, -0.1) is 11.3 Å². The molecule has 4 rings (SSSR count). The Morgan fingerprint density at radius 1 is 1.29 bits per heavy atom. The SMILES string of the molecule is CCOC(=O)c1sc2nc(SCC(=O)NCc3ccco3)n(Cc3cccc(Cl)c3)c(=O)c2c1C. The lowest BCUT2D eigenvalue weighted by atomic mass is 10.2. The van der Waals surface area contributed by atoms with Gasteiger partial charge in [-0.05, 0) is 49.2 Å². The molecule has 1 N–H and O–H groups in total. The highest BCUT2D eigenvalue weighted by atomic mass is 35.5. The van der Waals surface area contributed by atoms with Gasteiger partial charge < -0.3 is 14.5 Å². The summed E-state index contributed by atoms with van der Waals surface area (Å²) < 4.78 is 11.9. The zero-order valence-corrected chi connectivity index (χ0v) is 21.4. The maximum absolute atomic E-state index is 13.6. The summed E-state index contributed by atoms with van der Waals surface area (Å²) in [5.74, 6) is -0.0326. The number of thiophene rings is 1. The Bertz CT molecular complexity index is 1430. The zero-order valence-electron chi connectivity index (χ0n) is 19.0. The van der Waals surface area contributed by atoms with E-state index in [0.717, 1.165) is 28.7 Å². The van der Waals surface area contributed by atoms with Crippen LogP contribution < -0.4 is 10.9 Å². The maximum atomic E-state index is 13.6. The Kier molecular flexibility index (Phi) is 7.94. The van der Waals surface area contributed by atoms with Crippen molar-refractivity contribution in [3.05, 3.63) is 79.8 Å². The summed E-state index contributed by atoms with van der Waals surface area (Å²) in [5.41, 5.74) is 1.05. The van der Waals surface area contributed by atoms with Crippen molar-refractivity contribution in [1.29, 1.82) is 0 Å². The Balaban J connectivity index is 1.68. The quantitative estimate of drug-likeness (QED) is 0.190. The number of hydrogen-bond donors (Lipinski definition) is 1. The summed E-state index contributed by atoms with van der Waals surface area (Å²) in [6, 6.07) is 10.7. The molecule has 1 aromatic carbocycles. The molecule has 1 amide bonds. The van der Waals surface area contributed by atoms with Crippen LogP contribution in [0.2, 0.25) is 5.02 Å². The van der Waals surface area contributed by atoms with Crippen LogP contribution in [0.15, 0.2) is 57.0 Å². The highest BCUT2D eigenvalue weighted by Gasteiger charge is 2.23. The topological polar surface area (TPSA) is 103 Å². The minimum absolute atomic E-state index is 0.0449. The molecule has 0 bridgehead atoms. The summed E-state index contributed by atoms with van der Waals surface area (Å²) >= 11 is 8.40. The van der Waals surface area contributed by atoms with E-state index in [0.29, 0.717) is 36.6 Å². The number of carbonyl (C=O) groups is 2. The van der Waals surface area contributed by atoms with Crippen molar-refractivity contribution in [2.45, 2.75) is 32.1 Å². The normalized spacial score (nSPS) is 11.1. The molecule has 8 nitrogen and oxygen atoms in total. The summed E-state index contributed by atoms with van der Waals surface area (Å²) in [5, 5.41) is 4.06. The number of thioether (sulfide) groups is 1. The molecule has 3 aromatic heterocycles. The molecule has 0 saturated carbocycles. The van der Waals surface area contributed by atoms with Gasteiger partial charge in [0.25, 0.3) is 5.56 Å². The molecule has 0 unspecified atom stereocenters. The van der Waals surface area contributed by atoms with Crippen molar-refractivity contribution in [3.63, 3.8) is 0 Å². The van der Waals surface area contributed by atoms with Gasteiger partial charge in [-0.1, -0.05) is 35.5 Å². The van der Waals surface area contributed by atoms with Gasteiger partial charge in [0.2, 0.25) is 5.91 Å². The lowest BCUT2D eigenvalue weighted by molar-refractivity contribution is -0.118. The summed E-state index contributed by atoms with van der Waals surface area (Å²) in [6.07, 6.45) is 1.54. The molecule has 11 heteroatoms. The second-order valence-electron chi connectivity index (χ2n) is 7.52. The van der Waals surface area contributed by atoms with Crippen molar-refractivity contribution in [1.82, 2.24) is 14.9 Å². The van der Waals surface area contributed by atoms with Gasteiger partial charge in [0, 0.05) is 5.02 Å². The largest absolute Gasteiger partial charge is 0.467 e. The Labute approximate surface area is 214 Å². The predicted octanol–water partition coefficient (Wildman–Crippen LogP) is 4.65. The highest BCUT2D eigenvalue weighted by molar-refractivity contribution is 7.99. The van der Waals surface area contributed by atoms with Gasteiger partial charge >= 0.3 is 5.97 Å². The molecular weight excluding hydrogens is 510 g/mol. The number of aromatic nitrogens is 2. The summed E-state index contributed by atoms with van der Waals surface area (Å²) in [4.78, 5) is 43.9. The number of carbonyl (C=O) groups excluding carboxylic acids is 2. The number of nitrogens with one attached hydrogen (secondary N) is 1. The number of benzene rings is 1. The number of halogens is 1. The number of rotatable bonds is 9. The number of furan rings is 1. The fourth-order valence-corrected chi connectivity index (χ4v) is 5.59. The zero-order chi connectivity index (χ0) is 24.9. The highest BCUT2D eigenvalue weighted by Crippen LogP contribution is 2.30. The van der Waals surface area contributed by atoms with Gasteiger partial charge in [-0.25, -0.2) is 9.78 Å². The van der Waals surface area contributed by atoms with E-state index in [1.54, 1.807) is 44.2 Å². The van der Waals surface area contributed by atoms with Gasteiger partial charge in [-0.3, -0.25) is 14.2 Å². The van der Waals surface area contributed by atoms with Gasteiger partial charge in [0.15, 0.2) is 5.16 Å². The molecule has 0 fully saturated rings. The molecule has 0 aliphatic carbocycles. The van der Waals surface area contributed by atoms with Gasteiger partial charge in [-0.2, -0.15) is 0 Å². The molecule has 3 heterocycles. The first-order valence-electron chi connectivity index (χ1n) is 10.7. The summed E-state index contributed by atoms with van der Waals surface area (Å²) in [7, 11) is 0. The molecule has 0 aliphatic rings. The predicted molar refractivity (Wildman–Crippen MR) is 136 cm³/mol. The number of amides is 1. The summed E-state index contributed by atoms with van der Waals surface area (Å²) in [6.45, 7) is 4.15. The molecule has 0 spiro atoms. The van der Waals surface area contributed by atoms with Crippen molar-refractivity contribution in [2.75, 3.05) is 12.4 Å². The Morgan fingerprint density at radius 2 is 2.11 bits per heavy atom. The molecule has 0 radical (unpaired) electrons. The third-order valence-electron chi connectivity index (χ3n) is 5.08. The third kappa shape index (κ3) is 5.77. The first kappa shape index (κ1) is 25.0. The van der Waals surface area contributed by atoms with Crippen LogP contribution in [0.5, 0.6) is 0 Å². The van der Waals surface area contributed by atoms with Crippen molar-refractivity contribution in [3.8, 4) is 0 Å². The lowest BCUT2D eigenvalue weighted by Crippen LogP contribution is -2.27. The first-order valence-corrected chi connectivity index (χ1v) is 12.9. The fraction of sp³-hybridized carbons (Fsp3) is 0.250. The number of nitrogens with zero attached hydrogens (tertiary/aromatic N) is 2. The first-order chi connectivity index (χ1) is 16.9. The second-order valence-corrected chi connectivity index (χ2v) is 9.90. The van der Waals surface area contributed by atoms with Gasteiger partial charge in [0.05, 0.1) is 37.1 Å². The van der Waals surface area contributed by atoms with E-state index in [9.17, 15) is 14.4 Å². The molecule has 0 atom stereocenters. The van der Waals surface area contributed by atoms with Crippen LogP contribution in [0, 0.1) is 6.92 Å². The monoisotopic (exact) mass is 531 g/mol. The molecule has 35 heavy (non-hydrogen) atoms.